The van der Waals surface area contributed by atoms with Crippen molar-refractivity contribution in [2.24, 2.45) is 0 Å². The van der Waals surface area contributed by atoms with E-state index in [2.05, 4.69) is 5.32 Å². The summed E-state index contributed by atoms with van der Waals surface area (Å²) in [5.41, 5.74) is 0. The summed E-state index contributed by atoms with van der Waals surface area (Å²) in [6.45, 7) is 1.70. The maximum absolute atomic E-state index is 12.3. The third-order valence-corrected chi connectivity index (χ3v) is 3.92. The van der Waals surface area contributed by atoms with Gasteiger partial charge in [-0.25, -0.2) is 4.79 Å². The van der Waals surface area contributed by atoms with Crippen molar-refractivity contribution in [2.45, 2.75) is 37.5 Å². The number of ether oxygens (including phenoxy) is 2. The lowest BCUT2D eigenvalue weighted by molar-refractivity contribution is -0.147. The monoisotopic (exact) mass is 286 g/mol. The maximum atomic E-state index is 12.3. The van der Waals surface area contributed by atoms with E-state index in [1.165, 1.54) is 0 Å². The molecule has 2 aliphatic rings. The molecule has 0 radical (unpaired) electrons. The van der Waals surface area contributed by atoms with Crippen LogP contribution in [0.5, 0.6) is 0 Å². The molecule has 2 aliphatic heterocycles. The van der Waals surface area contributed by atoms with Crippen molar-refractivity contribution >= 4 is 11.9 Å². The molecule has 2 fully saturated rings. The molecule has 7 nitrogen and oxygen atoms in total. The number of carboxylic acids is 1. The third-order valence-electron chi connectivity index (χ3n) is 3.92. The minimum Gasteiger partial charge on any atom is -0.480 e. The number of carbonyl (C=O) groups excluding carboxylic acids is 1. The number of likely N-dealkylation sites (tertiary alicyclic amines) is 1. The number of carbonyl (C=O) groups is 2. The molecule has 2 atom stereocenters. The Morgan fingerprint density at radius 3 is 2.55 bits per heavy atom. The molecule has 0 aromatic heterocycles. The Kier molecular flexibility index (Phi) is 5.33. The number of rotatable bonds is 5. The van der Waals surface area contributed by atoms with Gasteiger partial charge in [-0.15, -0.1) is 0 Å². The van der Waals surface area contributed by atoms with E-state index >= 15 is 0 Å². The average molecular weight is 286 g/mol. The van der Waals surface area contributed by atoms with Crippen LogP contribution in [-0.4, -0.2) is 73.5 Å². The molecular formula is C13H22N2O5. The van der Waals surface area contributed by atoms with Gasteiger partial charge in [-0.3, -0.25) is 4.79 Å². The van der Waals surface area contributed by atoms with E-state index in [4.69, 9.17) is 14.6 Å². The predicted molar refractivity (Wildman–Crippen MR) is 70.4 cm³/mol. The third kappa shape index (κ3) is 3.91. The first-order valence-electron chi connectivity index (χ1n) is 6.98. The number of hydrogen-bond donors (Lipinski definition) is 2. The van der Waals surface area contributed by atoms with E-state index in [1.807, 2.05) is 4.90 Å². The highest BCUT2D eigenvalue weighted by Gasteiger charge is 2.33. The van der Waals surface area contributed by atoms with Gasteiger partial charge in [0.25, 0.3) is 0 Å². The number of hydrogen-bond acceptors (Lipinski definition) is 5. The summed E-state index contributed by atoms with van der Waals surface area (Å²) in [5, 5.41) is 11.7. The maximum Gasteiger partial charge on any atom is 0.329 e. The molecule has 20 heavy (non-hydrogen) atoms. The van der Waals surface area contributed by atoms with Gasteiger partial charge in [0.05, 0.1) is 18.2 Å². The molecule has 0 bridgehead atoms. The van der Waals surface area contributed by atoms with Crippen LogP contribution < -0.4 is 5.32 Å². The molecule has 2 heterocycles. The lowest BCUT2D eigenvalue weighted by Crippen LogP contribution is -2.48. The smallest absolute Gasteiger partial charge is 0.329 e. The summed E-state index contributed by atoms with van der Waals surface area (Å²) in [5.74, 6) is -0.842. The fourth-order valence-corrected chi connectivity index (χ4v) is 2.72. The van der Waals surface area contributed by atoms with Gasteiger partial charge >= 0.3 is 5.97 Å². The van der Waals surface area contributed by atoms with Crippen molar-refractivity contribution in [3.63, 3.8) is 0 Å². The van der Waals surface area contributed by atoms with Crippen LogP contribution in [0.3, 0.4) is 0 Å². The largest absolute Gasteiger partial charge is 0.480 e. The van der Waals surface area contributed by atoms with E-state index in [0.29, 0.717) is 38.9 Å². The SMILES string of the molecule is COC1CNC(C(=O)N2CCC(OCC(=O)O)CC2)C1. The second-order valence-corrected chi connectivity index (χ2v) is 5.28. The molecule has 1 amide bonds. The van der Waals surface area contributed by atoms with Crippen molar-refractivity contribution in [2.75, 3.05) is 33.4 Å². The molecular weight excluding hydrogens is 264 g/mol. The fourth-order valence-electron chi connectivity index (χ4n) is 2.72. The van der Waals surface area contributed by atoms with Crippen LogP contribution in [0.15, 0.2) is 0 Å². The molecule has 7 heteroatoms. The molecule has 0 aromatic rings. The number of nitrogens with zero attached hydrogens (tertiary/aromatic N) is 1. The molecule has 2 saturated heterocycles. The highest BCUT2D eigenvalue weighted by atomic mass is 16.5. The van der Waals surface area contributed by atoms with Crippen LogP contribution in [0, 0.1) is 0 Å². The molecule has 2 rings (SSSR count). The summed E-state index contributed by atoms with van der Waals surface area (Å²) in [6.07, 6.45) is 2.16. The Balaban J connectivity index is 1.73. The van der Waals surface area contributed by atoms with Crippen LogP contribution in [0.1, 0.15) is 19.3 Å². The van der Waals surface area contributed by atoms with Crippen molar-refractivity contribution in [1.29, 1.82) is 0 Å². The van der Waals surface area contributed by atoms with Gasteiger partial charge in [0.2, 0.25) is 5.91 Å². The number of piperidine rings is 1. The summed E-state index contributed by atoms with van der Waals surface area (Å²) < 4.78 is 10.5. The van der Waals surface area contributed by atoms with Gasteiger partial charge in [-0.05, 0) is 19.3 Å². The first kappa shape index (κ1) is 15.2. The van der Waals surface area contributed by atoms with Crippen LogP contribution in [0.25, 0.3) is 0 Å². The van der Waals surface area contributed by atoms with Gasteiger partial charge in [0.1, 0.15) is 6.61 Å². The Labute approximate surface area is 118 Å². The van der Waals surface area contributed by atoms with Crippen molar-refractivity contribution in [3.05, 3.63) is 0 Å². The zero-order chi connectivity index (χ0) is 14.5. The molecule has 2 unspecified atom stereocenters. The van der Waals surface area contributed by atoms with E-state index in [9.17, 15) is 9.59 Å². The number of carboxylic acid groups (broad SMARTS) is 1. The Bertz CT molecular complexity index is 355. The molecule has 2 N–H and O–H groups in total. The van der Waals surface area contributed by atoms with Crippen LogP contribution in [0.4, 0.5) is 0 Å². The summed E-state index contributed by atoms with van der Waals surface area (Å²) in [6, 6.07) is -0.156. The lowest BCUT2D eigenvalue weighted by Gasteiger charge is -2.33. The highest BCUT2D eigenvalue weighted by Crippen LogP contribution is 2.18. The number of aliphatic carboxylic acids is 1. The first-order valence-corrected chi connectivity index (χ1v) is 6.98. The Morgan fingerprint density at radius 1 is 1.30 bits per heavy atom. The molecule has 0 aliphatic carbocycles. The van der Waals surface area contributed by atoms with Gasteiger partial charge in [0, 0.05) is 26.7 Å². The topological polar surface area (TPSA) is 88.1 Å². The molecule has 114 valence electrons. The van der Waals surface area contributed by atoms with Gasteiger partial charge in [0.15, 0.2) is 0 Å². The second-order valence-electron chi connectivity index (χ2n) is 5.28. The number of amides is 1. The minimum absolute atomic E-state index is 0.0570. The molecule has 0 spiro atoms. The molecule has 0 saturated carbocycles. The Hall–Kier alpha value is -1.18. The quantitative estimate of drug-likeness (QED) is 0.705. The summed E-state index contributed by atoms with van der Waals surface area (Å²) >= 11 is 0. The number of nitrogens with one attached hydrogen (secondary N) is 1. The van der Waals surface area contributed by atoms with E-state index in [0.717, 1.165) is 0 Å². The predicted octanol–water partition coefficient (Wildman–Crippen LogP) is -0.544. The summed E-state index contributed by atoms with van der Waals surface area (Å²) in [7, 11) is 1.66. The minimum atomic E-state index is -0.954. The second kappa shape index (κ2) is 7.01. The van der Waals surface area contributed by atoms with Crippen molar-refractivity contribution < 1.29 is 24.2 Å². The number of methoxy groups -OCH3 is 1. The van der Waals surface area contributed by atoms with Gasteiger partial charge in [-0.2, -0.15) is 0 Å². The van der Waals surface area contributed by atoms with Crippen LogP contribution >= 0.6 is 0 Å². The van der Waals surface area contributed by atoms with Crippen LogP contribution in [-0.2, 0) is 19.1 Å². The summed E-state index contributed by atoms with van der Waals surface area (Å²) in [4.78, 5) is 24.6. The normalized spacial score (nSPS) is 27.8. The van der Waals surface area contributed by atoms with Gasteiger partial charge < -0.3 is 24.8 Å². The lowest BCUT2D eigenvalue weighted by atomic mass is 10.1. The molecule has 0 aromatic carbocycles. The first-order chi connectivity index (χ1) is 9.60. The van der Waals surface area contributed by atoms with E-state index < -0.39 is 5.97 Å². The average Bonchev–Trinajstić information content (AvgIpc) is 2.94. The van der Waals surface area contributed by atoms with Crippen molar-refractivity contribution in [1.82, 2.24) is 10.2 Å². The van der Waals surface area contributed by atoms with Crippen LogP contribution in [0.2, 0.25) is 0 Å². The fraction of sp³-hybridized carbons (Fsp3) is 0.846. The van der Waals surface area contributed by atoms with E-state index in [-0.39, 0.29) is 30.8 Å². The Morgan fingerprint density at radius 2 is 2.00 bits per heavy atom. The zero-order valence-electron chi connectivity index (χ0n) is 11.7. The zero-order valence-corrected chi connectivity index (χ0v) is 11.7. The standard InChI is InChI=1S/C13H22N2O5/c1-19-10-6-11(14-7-10)13(18)15-4-2-9(3-5-15)20-8-12(16)17/h9-11,14H,2-8H2,1H3,(H,16,17). The highest BCUT2D eigenvalue weighted by molar-refractivity contribution is 5.82. The van der Waals surface area contributed by atoms with E-state index in [1.54, 1.807) is 7.11 Å². The van der Waals surface area contributed by atoms with Gasteiger partial charge in [-0.1, -0.05) is 0 Å². The van der Waals surface area contributed by atoms with Crippen molar-refractivity contribution in [3.8, 4) is 0 Å².